The number of nitrogens with zero attached hydrogens (tertiary/aromatic N) is 5. The van der Waals surface area contributed by atoms with Crippen LogP contribution in [0.5, 0.6) is 11.5 Å². The highest BCUT2D eigenvalue weighted by atomic mass is 19.1. The fourth-order valence-corrected chi connectivity index (χ4v) is 3.59. The van der Waals surface area contributed by atoms with Crippen molar-refractivity contribution in [2.24, 2.45) is 15.7 Å². The number of ether oxygens (including phenoxy) is 2. The Morgan fingerprint density at radius 3 is 2.82 bits per heavy atom. The number of hydrogen-bond donors (Lipinski definition) is 1. The molecule has 0 fully saturated rings. The van der Waals surface area contributed by atoms with Crippen LogP contribution in [0.4, 0.5) is 4.39 Å². The molecule has 2 aromatic heterocycles. The average molecular weight is 451 g/mol. The molecule has 1 aliphatic rings. The van der Waals surface area contributed by atoms with Gasteiger partial charge in [-0.1, -0.05) is 0 Å². The first-order chi connectivity index (χ1) is 15.8. The molecule has 8 nitrogen and oxygen atoms in total. The molecule has 0 bridgehead atoms. The van der Waals surface area contributed by atoms with Gasteiger partial charge in [0, 0.05) is 30.1 Å². The smallest absolute Gasteiger partial charge is 0.177 e. The second-order valence-electron chi connectivity index (χ2n) is 8.11. The third-order valence-electron chi connectivity index (χ3n) is 5.01. The van der Waals surface area contributed by atoms with Crippen LogP contribution in [0, 0.1) is 5.82 Å². The van der Waals surface area contributed by atoms with Crippen LogP contribution in [0.2, 0.25) is 0 Å². The molecule has 3 aromatic rings. The highest BCUT2D eigenvalue weighted by Crippen LogP contribution is 2.36. The predicted octanol–water partition coefficient (Wildman–Crippen LogP) is 4.15. The summed E-state index contributed by atoms with van der Waals surface area (Å²) >= 11 is 0. The highest BCUT2D eigenvalue weighted by Gasteiger charge is 2.22. The summed E-state index contributed by atoms with van der Waals surface area (Å²) in [5.41, 5.74) is 7.73. The van der Waals surface area contributed by atoms with Crippen LogP contribution in [0.3, 0.4) is 0 Å². The Bertz CT molecular complexity index is 1210. The van der Waals surface area contributed by atoms with Gasteiger partial charge >= 0.3 is 0 Å². The van der Waals surface area contributed by atoms with Gasteiger partial charge in [0.1, 0.15) is 41.5 Å². The van der Waals surface area contributed by atoms with Gasteiger partial charge in [0.25, 0.3) is 0 Å². The number of imidazole rings is 1. The predicted molar refractivity (Wildman–Crippen MR) is 125 cm³/mol. The molecule has 1 aromatic carbocycles. The molecule has 0 saturated carbocycles. The molecule has 2 N–H and O–H groups in total. The fraction of sp³-hybridized carbons (Fsp3) is 0.333. The van der Waals surface area contributed by atoms with Gasteiger partial charge < -0.3 is 19.8 Å². The number of rotatable bonds is 5. The molecule has 0 radical (unpaired) electrons. The van der Waals surface area contributed by atoms with Crippen LogP contribution >= 0.6 is 0 Å². The van der Waals surface area contributed by atoms with Crippen LogP contribution in [0.15, 0.2) is 52.8 Å². The Morgan fingerprint density at radius 1 is 1.27 bits per heavy atom. The van der Waals surface area contributed by atoms with Crippen molar-refractivity contribution >= 4 is 11.7 Å². The molecule has 0 spiro atoms. The largest absolute Gasteiger partial charge is 0.491 e. The number of pyridine rings is 1. The summed E-state index contributed by atoms with van der Waals surface area (Å²) in [5.74, 6) is 2.48. The molecule has 0 amide bonds. The van der Waals surface area contributed by atoms with E-state index < -0.39 is 11.9 Å². The standard InChI is InChI=1S/C24H27FN6O2/c1-14(2)28-23(29-16(4)26)21-13-31-9-10-32-22-11-17(5-6-19(22)24(31)30-21)33-15(3)18-7-8-27-12-20(18)25/h5-8,11-15H,9-10H2,1-4H3,(H2,26,28,29). The van der Waals surface area contributed by atoms with Gasteiger partial charge in [-0.15, -0.1) is 0 Å². The van der Waals surface area contributed by atoms with Gasteiger partial charge in [-0.05, 0) is 45.9 Å². The van der Waals surface area contributed by atoms with Crippen LogP contribution in [-0.4, -0.2) is 38.9 Å². The average Bonchev–Trinajstić information content (AvgIpc) is 3.09. The molecule has 1 atom stereocenters. The Morgan fingerprint density at radius 2 is 2.09 bits per heavy atom. The molecule has 3 heterocycles. The first kappa shape index (κ1) is 22.4. The van der Waals surface area contributed by atoms with Crippen LogP contribution in [-0.2, 0) is 6.54 Å². The van der Waals surface area contributed by atoms with E-state index in [0.717, 1.165) is 11.4 Å². The lowest BCUT2D eigenvalue weighted by Crippen LogP contribution is -2.12. The number of nitrogens with two attached hydrogens (primary N) is 1. The third kappa shape index (κ3) is 5.02. The van der Waals surface area contributed by atoms with E-state index in [4.69, 9.17) is 20.2 Å². The number of amidine groups is 2. The van der Waals surface area contributed by atoms with Gasteiger partial charge in [-0.25, -0.2) is 14.4 Å². The summed E-state index contributed by atoms with van der Waals surface area (Å²) in [5, 5.41) is 0. The Hall–Kier alpha value is -3.75. The number of aromatic nitrogens is 3. The number of aliphatic imine (C=N–C) groups is 2. The zero-order chi connectivity index (χ0) is 23.5. The second kappa shape index (κ2) is 9.40. The number of fused-ring (bicyclic) bond motifs is 3. The Balaban J connectivity index is 1.66. The molecule has 9 heteroatoms. The first-order valence-electron chi connectivity index (χ1n) is 10.8. The number of benzene rings is 1. The Kier molecular flexibility index (Phi) is 6.39. The van der Waals surface area contributed by atoms with E-state index >= 15 is 0 Å². The monoisotopic (exact) mass is 450 g/mol. The van der Waals surface area contributed by atoms with E-state index in [1.807, 2.05) is 36.7 Å². The second-order valence-corrected chi connectivity index (χ2v) is 8.11. The lowest BCUT2D eigenvalue weighted by atomic mass is 10.1. The summed E-state index contributed by atoms with van der Waals surface area (Å²) < 4.78 is 28.0. The Labute approximate surface area is 192 Å². The molecular weight excluding hydrogens is 423 g/mol. The van der Waals surface area contributed by atoms with Crippen molar-refractivity contribution in [1.29, 1.82) is 0 Å². The van der Waals surface area contributed by atoms with Crippen molar-refractivity contribution in [3.63, 3.8) is 0 Å². The van der Waals surface area contributed by atoms with Gasteiger partial charge in [0.15, 0.2) is 5.84 Å². The van der Waals surface area contributed by atoms with Crippen molar-refractivity contribution in [3.8, 4) is 22.9 Å². The van der Waals surface area contributed by atoms with Crippen LogP contribution in [0.1, 0.15) is 45.1 Å². The molecule has 4 rings (SSSR count). The summed E-state index contributed by atoms with van der Waals surface area (Å²) in [7, 11) is 0. The van der Waals surface area contributed by atoms with Crippen molar-refractivity contribution in [2.45, 2.75) is 46.4 Å². The molecule has 0 saturated heterocycles. The van der Waals surface area contributed by atoms with Crippen LogP contribution < -0.4 is 15.2 Å². The summed E-state index contributed by atoms with van der Waals surface area (Å²) in [6.07, 6.45) is 4.15. The number of halogens is 1. The van der Waals surface area contributed by atoms with Gasteiger partial charge in [-0.2, -0.15) is 0 Å². The minimum absolute atomic E-state index is 0.0483. The summed E-state index contributed by atoms with van der Waals surface area (Å²) in [6, 6.07) is 7.19. The van der Waals surface area contributed by atoms with Crippen molar-refractivity contribution in [3.05, 3.63) is 59.9 Å². The molecule has 172 valence electrons. The molecule has 0 aliphatic carbocycles. The zero-order valence-electron chi connectivity index (χ0n) is 19.1. The molecule has 1 unspecified atom stereocenters. The van der Waals surface area contributed by atoms with Gasteiger partial charge in [-0.3, -0.25) is 9.98 Å². The summed E-state index contributed by atoms with van der Waals surface area (Å²) in [6.45, 7) is 8.55. The SMILES string of the molecule is CC(N)=NC(=NC(C)C)c1cn2c(n1)-c1ccc(OC(C)c3ccncc3F)cc1OCC2. The minimum atomic E-state index is -0.488. The van der Waals surface area contributed by atoms with Crippen molar-refractivity contribution in [2.75, 3.05) is 6.61 Å². The molecule has 1 aliphatic heterocycles. The van der Waals surface area contributed by atoms with Crippen molar-refractivity contribution < 1.29 is 13.9 Å². The first-order valence-corrected chi connectivity index (χ1v) is 10.8. The highest BCUT2D eigenvalue weighted by molar-refractivity contribution is 6.04. The maximum atomic E-state index is 14.1. The fourth-order valence-electron chi connectivity index (χ4n) is 3.59. The molecule has 33 heavy (non-hydrogen) atoms. The maximum absolute atomic E-state index is 14.1. The zero-order valence-corrected chi connectivity index (χ0v) is 19.1. The lowest BCUT2D eigenvalue weighted by molar-refractivity contribution is 0.219. The van der Waals surface area contributed by atoms with Gasteiger partial charge in [0.2, 0.25) is 0 Å². The van der Waals surface area contributed by atoms with Crippen LogP contribution in [0.25, 0.3) is 11.4 Å². The minimum Gasteiger partial charge on any atom is -0.491 e. The normalized spacial score (nSPS) is 14.8. The quantitative estimate of drug-likeness (QED) is 0.465. The van der Waals surface area contributed by atoms with E-state index in [2.05, 4.69) is 15.0 Å². The lowest BCUT2D eigenvalue weighted by Gasteiger charge is -2.17. The topological polar surface area (TPSA) is 99.9 Å². The van der Waals surface area contributed by atoms with E-state index in [1.165, 1.54) is 6.20 Å². The van der Waals surface area contributed by atoms with E-state index in [9.17, 15) is 4.39 Å². The maximum Gasteiger partial charge on any atom is 0.177 e. The number of hydrogen-bond acceptors (Lipinski definition) is 5. The van der Waals surface area contributed by atoms with E-state index in [1.54, 1.807) is 32.2 Å². The van der Waals surface area contributed by atoms with Crippen molar-refractivity contribution in [1.82, 2.24) is 14.5 Å². The molecular formula is C24H27FN6O2. The van der Waals surface area contributed by atoms with E-state index in [-0.39, 0.29) is 6.04 Å². The van der Waals surface area contributed by atoms with E-state index in [0.29, 0.717) is 47.6 Å². The third-order valence-corrected chi connectivity index (χ3v) is 5.01. The summed E-state index contributed by atoms with van der Waals surface area (Å²) in [4.78, 5) is 17.5. The van der Waals surface area contributed by atoms with Gasteiger partial charge in [0.05, 0.1) is 24.1 Å².